The van der Waals surface area contributed by atoms with E-state index in [9.17, 15) is 57.8 Å². The quantitative estimate of drug-likeness (QED) is 0.0445. The molecule has 0 radical (unpaired) electrons. The van der Waals surface area contributed by atoms with Gasteiger partial charge in [0.1, 0.15) is 42.4 Å². The van der Waals surface area contributed by atoms with E-state index in [1.54, 1.807) is 16.8 Å². The van der Waals surface area contributed by atoms with Crippen molar-refractivity contribution in [1.29, 1.82) is 0 Å². The van der Waals surface area contributed by atoms with Gasteiger partial charge in [0.15, 0.2) is 0 Å². The van der Waals surface area contributed by atoms with E-state index in [1.807, 2.05) is 71.9 Å². The number of amides is 8. The fraction of sp³-hybridized carbons (Fsp3) is 0.519. The average molecular weight is 1050 g/mol. The molecule has 11 N–H and O–H groups in total. The first-order valence-electron chi connectivity index (χ1n) is 24.6. The number of aliphatic hydroxyl groups is 1. The molecule has 21 nitrogen and oxygen atoms in total. The van der Waals surface area contributed by atoms with Crippen molar-refractivity contribution in [2.75, 3.05) is 32.8 Å². The highest BCUT2D eigenvalue weighted by Gasteiger charge is 2.39. The number of rotatable bonds is 29. The fourth-order valence-electron chi connectivity index (χ4n) is 8.19. The van der Waals surface area contributed by atoms with Gasteiger partial charge in [0.2, 0.25) is 47.3 Å². The minimum absolute atomic E-state index is 0.0365. The van der Waals surface area contributed by atoms with Gasteiger partial charge in [-0.25, -0.2) is 8.78 Å². The topological polar surface area (TPSA) is 312 Å². The second-order valence-electron chi connectivity index (χ2n) is 20.1. The summed E-state index contributed by atoms with van der Waals surface area (Å²) in [5, 5.41) is 37.8. The summed E-state index contributed by atoms with van der Waals surface area (Å²) in [7, 11) is 0. The summed E-state index contributed by atoms with van der Waals surface area (Å²) in [5.41, 5.74) is 5.41. The number of carboxylic acids is 1. The molecule has 0 bridgehead atoms. The van der Waals surface area contributed by atoms with Crippen LogP contribution in [0, 0.1) is 23.0 Å². The number of primary amides is 1. The summed E-state index contributed by atoms with van der Waals surface area (Å²) in [5.74, 6) is -8.82. The lowest BCUT2D eigenvalue weighted by Gasteiger charge is -2.41. The van der Waals surface area contributed by atoms with Crippen LogP contribution in [0.4, 0.5) is 8.78 Å². The first-order valence-corrected chi connectivity index (χ1v) is 24.6. The summed E-state index contributed by atoms with van der Waals surface area (Å²) in [6.07, 6.45) is 0.616. The molecule has 6 atom stereocenters. The molecule has 23 heteroatoms. The molecule has 0 saturated heterocycles. The molecule has 0 fully saturated rings. The normalized spacial score (nSPS) is 14.2. The highest BCUT2D eigenvalue weighted by molar-refractivity contribution is 5.97. The van der Waals surface area contributed by atoms with Crippen LogP contribution >= 0.6 is 0 Å². The van der Waals surface area contributed by atoms with Gasteiger partial charge in [0.25, 0.3) is 0 Å². The van der Waals surface area contributed by atoms with Crippen LogP contribution in [0.25, 0.3) is 11.1 Å². The lowest BCUT2D eigenvalue weighted by Crippen LogP contribution is -2.58. The standard InChI is InChI=1S/C52H74F2N10O11/c1-30(2)52(9,19-17-45(70)71)58-26-43(68)56-20-21-57-49(74)39(61-50(75)40(25-42(55)67)62-48(73)32(4)60-47(72)31(3)59-33(5)66)18-22-64(44(69)29-65)46(51(6,7)8)41-23-35(37-24-36(53)15-16-38(37)54)28-63(41)27-34-13-11-10-12-14-34/h10-16,23-24,28,30-32,39-40,46,58,65H,17-22,25-27,29H2,1-9H3,(H2,55,67)(H,56,68)(H,57,74)(H,59,66)(H,60,72)(H,61,75)(H,62,73)(H,70,71)/t31-,32-,39-,40-,46-,52?/m0/s1. The Bertz CT molecular complexity index is 2500. The summed E-state index contributed by atoms with van der Waals surface area (Å²) < 4.78 is 31.8. The third-order valence-electron chi connectivity index (χ3n) is 12.7. The Kier molecular flexibility index (Phi) is 23.5. The van der Waals surface area contributed by atoms with Gasteiger partial charge in [-0.15, -0.1) is 0 Å². The summed E-state index contributed by atoms with van der Waals surface area (Å²) in [6, 6.07) is 7.26. The van der Waals surface area contributed by atoms with Crippen LogP contribution in [0.15, 0.2) is 60.8 Å². The van der Waals surface area contributed by atoms with E-state index in [-0.39, 0.29) is 69.0 Å². The predicted molar refractivity (Wildman–Crippen MR) is 274 cm³/mol. The van der Waals surface area contributed by atoms with Gasteiger partial charge in [-0.2, -0.15) is 0 Å². The number of halogens is 2. The molecule has 1 aromatic heterocycles. The predicted octanol–water partition coefficient (Wildman–Crippen LogP) is 1.76. The number of benzene rings is 2. The highest BCUT2D eigenvalue weighted by Crippen LogP contribution is 2.41. The molecule has 3 aromatic rings. The van der Waals surface area contributed by atoms with Crippen molar-refractivity contribution in [2.45, 2.75) is 130 Å². The summed E-state index contributed by atoms with van der Waals surface area (Å²) >= 11 is 0. The van der Waals surface area contributed by atoms with Gasteiger partial charge < -0.3 is 62.6 Å². The Labute approximate surface area is 435 Å². The van der Waals surface area contributed by atoms with E-state index in [1.165, 1.54) is 25.7 Å². The molecule has 8 amide bonds. The van der Waals surface area contributed by atoms with Crippen LogP contribution in [0.5, 0.6) is 0 Å². The number of hydrogen-bond acceptors (Lipinski definition) is 11. The van der Waals surface area contributed by atoms with Gasteiger partial charge in [-0.3, -0.25) is 43.2 Å². The van der Waals surface area contributed by atoms with E-state index < -0.39 is 119 Å². The van der Waals surface area contributed by atoms with Crippen LogP contribution in [-0.4, -0.2) is 135 Å². The zero-order valence-corrected chi connectivity index (χ0v) is 44.1. The average Bonchev–Trinajstić information content (AvgIpc) is 3.73. The third-order valence-corrected chi connectivity index (χ3v) is 12.7. The Morgan fingerprint density at radius 2 is 1.39 bits per heavy atom. The maximum absolute atomic E-state index is 15.4. The Morgan fingerprint density at radius 3 is 1.97 bits per heavy atom. The smallest absolute Gasteiger partial charge is 0.303 e. The molecule has 1 heterocycles. The van der Waals surface area contributed by atoms with Gasteiger partial charge in [0, 0.05) is 68.1 Å². The summed E-state index contributed by atoms with van der Waals surface area (Å²) in [4.78, 5) is 118. The van der Waals surface area contributed by atoms with E-state index in [2.05, 4.69) is 37.2 Å². The minimum Gasteiger partial charge on any atom is -0.481 e. The van der Waals surface area contributed by atoms with Crippen molar-refractivity contribution in [3.05, 3.63) is 83.7 Å². The van der Waals surface area contributed by atoms with E-state index in [0.717, 1.165) is 23.8 Å². The maximum atomic E-state index is 15.4. The van der Waals surface area contributed by atoms with Crippen molar-refractivity contribution >= 4 is 53.2 Å². The number of aliphatic hydroxyl groups excluding tert-OH is 1. The van der Waals surface area contributed by atoms with Crippen molar-refractivity contribution in [1.82, 2.24) is 46.7 Å². The lowest BCUT2D eigenvalue weighted by atomic mass is 9.82. The molecule has 0 aliphatic carbocycles. The van der Waals surface area contributed by atoms with Crippen LogP contribution in [0.3, 0.4) is 0 Å². The first-order chi connectivity index (χ1) is 35.1. The van der Waals surface area contributed by atoms with Crippen molar-refractivity contribution in [2.24, 2.45) is 17.1 Å². The number of aliphatic carboxylic acids is 1. The monoisotopic (exact) mass is 1050 g/mol. The highest BCUT2D eigenvalue weighted by atomic mass is 19.1. The van der Waals surface area contributed by atoms with Crippen molar-refractivity contribution in [3.63, 3.8) is 0 Å². The summed E-state index contributed by atoms with van der Waals surface area (Å²) in [6.45, 7) is 13.3. The van der Waals surface area contributed by atoms with Gasteiger partial charge in [-0.1, -0.05) is 65.0 Å². The number of nitrogens with one attached hydrogen (secondary N) is 7. The molecule has 2 aromatic carbocycles. The number of hydrogen-bond donors (Lipinski definition) is 10. The van der Waals surface area contributed by atoms with Crippen LogP contribution in [-0.2, 0) is 49.7 Å². The van der Waals surface area contributed by atoms with Crippen LogP contribution in [0.1, 0.15) is 105 Å². The zero-order valence-electron chi connectivity index (χ0n) is 44.1. The molecule has 0 spiro atoms. The number of carbonyl (C=O) groups excluding carboxylic acids is 8. The molecule has 0 aliphatic rings. The molecule has 3 rings (SSSR count). The minimum atomic E-state index is -1.71. The molecule has 412 valence electrons. The molecule has 0 aliphatic heterocycles. The first kappa shape index (κ1) is 62.0. The number of carboxylic acid groups (broad SMARTS) is 1. The number of carbonyl (C=O) groups is 9. The third kappa shape index (κ3) is 19.5. The van der Waals surface area contributed by atoms with E-state index >= 15 is 4.39 Å². The van der Waals surface area contributed by atoms with E-state index in [0.29, 0.717) is 5.69 Å². The number of aromatic nitrogens is 1. The number of nitrogens with two attached hydrogens (primary N) is 1. The lowest BCUT2D eigenvalue weighted by molar-refractivity contribution is -0.140. The molecule has 0 saturated carbocycles. The SMILES string of the molecule is CC(=O)N[C@@H](C)C(=O)N[C@@H](C)C(=O)N[C@@H](CC(N)=O)C(=O)N[C@@H](CCN(C(=O)CO)[C@@H](c1cc(-c2cc(F)ccc2F)cn1Cc1ccccc1)C(C)(C)C)C(=O)NCCNC(=O)CNC(C)(CCC(=O)O)C(C)C. The van der Waals surface area contributed by atoms with Gasteiger partial charge in [0.05, 0.1) is 19.0 Å². The molecular weight excluding hydrogens is 979 g/mol. The number of nitrogens with zero attached hydrogens (tertiary/aromatic N) is 2. The Balaban J connectivity index is 2.03. The molecular formula is C52H74F2N10O11. The van der Waals surface area contributed by atoms with Crippen LogP contribution < -0.4 is 43.0 Å². The zero-order chi connectivity index (χ0) is 56.4. The Morgan fingerprint density at radius 1 is 0.773 bits per heavy atom. The Hall–Kier alpha value is -7.27. The van der Waals surface area contributed by atoms with Crippen LogP contribution in [0.2, 0.25) is 0 Å². The molecule has 75 heavy (non-hydrogen) atoms. The second kappa shape index (κ2) is 28.4. The van der Waals surface area contributed by atoms with Crippen molar-refractivity contribution < 1.29 is 62.1 Å². The van der Waals surface area contributed by atoms with E-state index in [4.69, 9.17) is 5.73 Å². The second-order valence-corrected chi connectivity index (χ2v) is 20.1. The van der Waals surface area contributed by atoms with Gasteiger partial charge in [-0.05, 0) is 74.8 Å². The maximum Gasteiger partial charge on any atom is 0.303 e. The van der Waals surface area contributed by atoms with Crippen molar-refractivity contribution in [3.8, 4) is 11.1 Å². The fourth-order valence-corrected chi connectivity index (χ4v) is 8.19. The van der Waals surface area contributed by atoms with Gasteiger partial charge >= 0.3 is 5.97 Å². The molecule has 1 unspecified atom stereocenters. The largest absolute Gasteiger partial charge is 0.481 e.